The van der Waals surface area contributed by atoms with Crippen molar-refractivity contribution in [2.24, 2.45) is 5.73 Å². The Labute approximate surface area is 95.4 Å². The Morgan fingerprint density at radius 3 is 3.00 bits per heavy atom. The van der Waals surface area contributed by atoms with Gasteiger partial charge in [-0.15, -0.1) is 11.3 Å². The lowest BCUT2D eigenvalue weighted by molar-refractivity contribution is -0.122. The Morgan fingerprint density at radius 1 is 1.64 bits per heavy atom. The number of thiophene rings is 1. The molecular formula is C9H12BrNO2S. The molecule has 1 aromatic rings. The van der Waals surface area contributed by atoms with Crippen LogP contribution in [0.3, 0.4) is 0 Å². The van der Waals surface area contributed by atoms with Gasteiger partial charge in [0.25, 0.3) is 0 Å². The van der Waals surface area contributed by atoms with Crippen molar-refractivity contribution < 1.29 is 9.53 Å². The molecule has 0 aromatic carbocycles. The van der Waals surface area contributed by atoms with Gasteiger partial charge in [-0.05, 0) is 22.0 Å². The second-order valence-corrected chi connectivity index (χ2v) is 4.70. The van der Waals surface area contributed by atoms with Crippen molar-refractivity contribution in [3.63, 3.8) is 0 Å². The van der Waals surface area contributed by atoms with Crippen LogP contribution in [0.15, 0.2) is 15.9 Å². The van der Waals surface area contributed by atoms with Crippen LogP contribution in [-0.4, -0.2) is 25.5 Å². The average Bonchev–Trinajstić information content (AvgIpc) is 2.52. The van der Waals surface area contributed by atoms with E-state index in [1.807, 2.05) is 11.4 Å². The van der Waals surface area contributed by atoms with Crippen LogP contribution in [0.4, 0.5) is 0 Å². The second-order valence-electron chi connectivity index (χ2n) is 2.79. The van der Waals surface area contributed by atoms with E-state index >= 15 is 0 Å². The van der Waals surface area contributed by atoms with Gasteiger partial charge in [-0.1, -0.05) is 0 Å². The zero-order valence-corrected chi connectivity index (χ0v) is 10.1. The molecular weight excluding hydrogens is 266 g/mol. The molecule has 0 unspecified atom stereocenters. The predicted octanol–water partition coefficient (Wildman–Crippen LogP) is 1.60. The number of halogens is 1. The van der Waals surface area contributed by atoms with Gasteiger partial charge in [0.05, 0.1) is 6.61 Å². The number of carbonyl (C=O) groups excluding carboxylic acids is 1. The third kappa shape index (κ3) is 4.32. The van der Waals surface area contributed by atoms with Crippen LogP contribution in [0.2, 0.25) is 0 Å². The molecule has 0 bridgehead atoms. The molecule has 0 atom stereocenters. The number of rotatable bonds is 6. The molecule has 0 saturated heterocycles. The molecule has 5 heteroatoms. The van der Waals surface area contributed by atoms with Gasteiger partial charge in [0.15, 0.2) is 5.78 Å². The fraction of sp³-hybridized carbons (Fsp3) is 0.444. The molecule has 14 heavy (non-hydrogen) atoms. The Kier molecular flexibility index (Phi) is 5.32. The van der Waals surface area contributed by atoms with Gasteiger partial charge >= 0.3 is 0 Å². The number of Topliss-reactive ketones (excluding diaryl/α,β-unsaturated/α-hetero) is 1. The summed E-state index contributed by atoms with van der Waals surface area (Å²) in [5.74, 6) is 0.0906. The molecule has 2 N–H and O–H groups in total. The molecule has 0 aliphatic heterocycles. The fourth-order valence-corrected chi connectivity index (χ4v) is 2.44. The van der Waals surface area contributed by atoms with Crippen molar-refractivity contribution in [3.05, 3.63) is 20.8 Å². The fourth-order valence-electron chi connectivity index (χ4n) is 0.961. The summed E-state index contributed by atoms with van der Waals surface area (Å²) in [5, 5.41) is 1.96. The van der Waals surface area contributed by atoms with Crippen molar-refractivity contribution >= 4 is 33.0 Å². The molecule has 0 aliphatic carbocycles. The van der Waals surface area contributed by atoms with E-state index in [-0.39, 0.29) is 12.4 Å². The summed E-state index contributed by atoms with van der Waals surface area (Å²) in [6.07, 6.45) is 0.445. The van der Waals surface area contributed by atoms with Crippen LogP contribution in [0.25, 0.3) is 0 Å². The third-order valence-electron chi connectivity index (χ3n) is 1.52. The molecule has 1 heterocycles. The quantitative estimate of drug-likeness (QED) is 0.804. The molecule has 0 amide bonds. The maximum absolute atomic E-state index is 11.3. The topological polar surface area (TPSA) is 52.3 Å². The maximum Gasteiger partial charge on any atom is 0.163 e. The number of nitrogens with two attached hydrogens (primary N) is 1. The van der Waals surface area contributed by atoms with Crippen LogP contribution in [0.5, 0.6) is 0 Å². The standard InChI is InChI=1S/C9H12BrNO2S/c10-7-3-9(14-6-7)4-8(12)5-13-2-1-11/h3,6H,1-2,4-5,11H2. The van der Waals surface area contributed by atoms with E-state index in [4.69, 9.17) is 10.5 Å². The minimum atomic E-state index is 0.0906. The van der Waals surface area contributed by atoms with Crippen LogP contribution < -0.4 is 5.73 Å². The summed E-state index contributed by atoms with van der Waals surface area (Å²) in [5.41, 5.74) is 5.23. The van der Waals surface area contributed by atoms with Gasteiger partial charge in [-0.3, -0.25) is 4.79 Å². The van der Waals surface area contributed by atoms with E-state index in [1.165, 1.54) is 0 Å². The third-order valence-corrected chi connectivity index (χ3v) is 3.22. The first kappa shape index (κ1) is 11.8. The zero-order valence-electron chi connectivity index (χ0n) is 7.66. The lowest BCUT2D eigenvalue weighted by Crippen LogP contribution is -2.15. The Hall–Kier alpha value is -0.230. The number of hydrogen-bond donors (Lipinski definition) is 1. The van der Waals surface area contributed by atoms with E-state index in [9.17, 15) is 4.79 Å². The van der Waals surface area contributed by atoms with Gasteiger partial charge in [-0.2, -0.15) is 0 Å². The highest BCUT2D eigenvalue weighted by Gasteiger charge is 2.05. The number of hydrogen-bond acceptors (Lipinski definition) is 4. The van der Waals surface area contributed by atoms with Crippen molar-refractivity contribution in [1.29, 1.82) is 0 Å². The predicted molar refractivity (Wildman–Crippen MR) is 60.6 cm³/mol. The van der Waals surface area contributed by atoms with Crippen molar-refractivity contribution in [1.82, 2.24) is 0 Å². The van der Waals surface area contributed by atoms with Gasteiger partial charge in [0.1, 0.15) is 6.61 Å². The highest BCUT2D eigenvalue weighted by molar-refractivity contribution is 9.10. The summed E-state index contributed by atoms with van der Waals surface area (Å²) in [6, 6.07) is 1.95. The lowest BCUT2D eigenvalue weighted by Gasteiger charge is -1.99. The average molecular weight is 278 g/mol. The molecule has 0 fully saturated rings. The van der Waals surface area contributed by atoms with Crippen LogP contribution in [0, 0.1) is 0 Å². The first-order valence-electron chi connectivity index (χ1n) is 4.25. The Bertz CT molecular complexity index is 301. The van der Waals surface area contributed by atoms with Crippen molar-refractivity contribution in [2.45, 2.75) is 6.42 Å². The Balaban J connectivity index is 2.27. The van der Waals surface area contributed by atoms with E-state index in [2.05, 4.69) is 15.9 Å². The van der Waals surface area contributed by atoms with Gasteiger partial charge in [0.2, 0.25) is 0 Å². The molecule has 3 nitrogen and oxygen atoms in total. The van der Waals surface area contributed by atoms with Crippen LogP contribution in [0.1, 0.15) is 4.88 Å². The summed E-state index contributed by atoms with van der Waals surface area (Å²) in [7, 11) is 0. The molecule has 0 spiro atoms. The van der Waals surface area contributed by atoms with E-state index in [1.54, 1.807) is 11.3 Å². The lowest BCUT2D eigenvalue weighted by atomic mass is 10.2. The van der Waals surface area contributed by atoms with Gasteiger partial charge in [-0.25, -0.2) is 0 Å². The van der Waals surface area contributed by atoms with Crippen molar-refractivity contribution in [2.75, 3.05) is 19.8 Å². The van der Waals surface area contributed by atoms with Crippen LogP contribution >= 0.6 is 27.3 Å². The molecule has 1 aromatic heterocycles. The van der Waals surface area contributed by atoms with Crippen molar-refractivity contribution in [3.8, 4) is 0 Å². The summed E-state index contributed by atoms with van der Waals surface area (Å²) < 4.78 is 6.06. The molecule has 0 saturated carbocycles. The number of carbonyl (C=O) groups is 1. The number of ketones is 1. The highest BCUT2D eigenvalue weighted by atomic mass is 79.9. The first-order valence-corrected chi connectivity index (χ1v) is 5.92. The van der Waals surface area contributed by atoms with E-state index < -0.39 is 0 Å². The second kappa shape index (κ2) is 6.29. The maximum atomic E-state index is 11.3. The zero-order chi connectivity index (χ0) is 10.4. The van der Waals surface area contributed by atoms with Crippen LogP contribution in [-0.2, 0) is 16.0 Å². The smallest absolute Gasteiger partial charge is 0.163 e. The minimum absolute atomic E-state index is 0.0906. The minimum Gasteiger partial charge on any atom is -0.372 e. The molecule has 0 aliphatic rings. The molecule has 0 radical (unpaired) electrons. The summed E-state index contributed by atoms with van der Waals surface area (Å²) in [4.78, 5) is 12.4. The van der Waals surface area contributed by atoms with E-state index in [0.29, 0.717) is 19.6 Å². The molecule has 78 valence electrons. The Morgan fingerprint density at radius 2 is 2.43 bits per heavy atom. The number of ether oxygens (including phenoxy) is 1. The first-order chi connectivity index (χ1) is 6.72. The molecule has 1 rings (SSSR count). The monoisotopic (exact) mass is 277 g/mol. The highest BCUT2D eigenvalue weighted by Crippen LogP contribution is 2.20. The summed E-state index contributed by atoms with van der Waals surface area (Å²) in [6.45, 7) is 1.06. The van der Waals surface area contributed by atoms with Gasteiger partial charge < -0.3 is 10.5 Å². The van der Waals surface area contributed by atoms with E-state index in [0.717, 1.165) is 9.35 Å². The van der Waals surface area contributed by atoms with Gasteiger partial charge in [0, 0.05) is 27.7 Å². The largest absolute Gasteiger partial charge is 0.372 e. The SMILES string of the molecule is NCCOCC(=O)Cc1cc(Br)cs1. The summed E-state index contributed by atoms with van der Waals surface area (Å²) >= 11 is 4.91. The normalized spacial score (nSPS) is 10.4.